The van der Waals surface area contributed by atoms with Crippen LogP contribution in [0, 0.1) is 23.2 Å². The van der Waals surface area contributed by atoms with E-state index in [-0.39, 0.29) is 12.0 Å². The third-order valence-corrected chi connectivity index (χ3v) is 5.78. The maximum atomic E-state index is 10.7. The van der Waals surface area contributed by atoms with Crippen LogP contribution in [0.15, 0.2) is 0 Å². The lowest BCUT2D eigenvalue weighted by Gasteiger charge is -2.61. The SMILES string of the molecule is C[C@@](O)(CCO)C12CC3CC(CC(C3)C1)C2. The Balaban J connectivity index is 1.88. The van der Waals surface area contributed by atoms with Gasteiger partial charge in [-0.25, -0.2) is 0 Å². The summed E-state index contributed by atoms with van der Waals surface area (Å²) in [5, 5.41) is 19.9. The first-order chi connectivity index (χ1) is 7.55. The first-order valence-corrected chi connectivity index (χ1v) is 6.88. The van der Waals surface area contributed by atoms with Crippen LogP contribution in [0.4, 0.5) is 0 Å². The second-order valence-electron chi connectivity index (χ2n) is 6.95. The molecule has 4 rings (SSSR count). The quantitative estimate of drug-likeness (QED) is 0.772. The van der Waals surface area contributed by atoms with Crippen LogP contribution in [0.1, 0.15) is 51.9 Å². The zero-order valence-corrected chi connectivity index (χ0v) is 10.3. The molecule has 4 saturated carbocycles. The van der Waals surface area contributed by atoms with Gasteiger partial charge in [0.15, 0.2) is 0 Å². The van der Waals surface area contributed by atoms with Crippen LogP contribution in [0.3, 0.4) is 0 Å². The first-order valence-electron chi connectivity index (χ1n) is 6.88. The predicted octanol–water partition coefficient (Wildman–Crippen LogP) is 2.34. The van der Waals surface area contributed by atoms with E-state index in [0.29, 0.717) is 6.42 Å². The van der Waals surface area contributed by atoms with Crippen molar-refractivity contribution in [3.63, 3.8) is 0 Å². The van der Waals surface area contributed by atoms with Crippen molar-refractivity contribution in [1.29, 1.82) is 0 Å². The zero-order valence-electron chi connectivity index (χ0n) is 10.3. The van der Waals surface area contributed by atoms with Gasteiger partial charge in [-0.3, -0.25) is 0 Å². The molecule has 0 aromatic rings. The van der Waals surface area contributed by atoms with Crippen molar-refractivity contribution in [2.45, 2.75) is 57.5 Å². The van der Waals surface area contributed by atoms with Crippen molar-refractivity contribution < 1.29 is 10.2 Å². The van der Waals surface area contributed by atoms with Gasteiger partial charge in [-0.15, -0.1) is 0 Å². The molecule has 2 N–H and O–H groups in total. The van der Waals surface area contributed by atoms with Gasteiger partial charge in [0.2, 0.25) is 0 Å². The lowest BCUT2D eigenvalue weighted by molar-refractivity contribution is -0.176. The lowest BCUT2D eigenvalue weighted by Crippen LogP contribution is -2.57. The van der Waals surface area contributed by atoms with Gasteiger partial charge in [0.25, 0.3) is 0 Å². The van der Waals surface area contributed by atoms with E-state index >= 15 is 0 Å². The highest BCUT2D eigenvalue weighted by molar-refractivity contribution is 5.08. The van der Waals surface area contributed by atoms with Gasteiger partial charge in [-0.1, -0.05) is 0 Å². The topological polar surface area (TPSA) is 40.5 Å². The van der Waals surface area contributed by atoms with E-state index in [0.717, 1.165) is 17.8 Å². The van der Waals surface area contributed by atoms with Crippen molar-refractivity contribution in [2.75, 3.05) is 6.61 Å². The summed E-state index contributed by atoms with van der Waals surface area (Å²) in [5.74, 6) is 2.62. The average molecular weight is 224 g/mol. The molecular formula is C14H24O2. The minimum Gasteiger partial charge on any atom is -0.396 e. The average Bonchev–Trinajstić information content (AvgIpc) is 2.14. The molecule has 0 unspecified atom stereocenters. The van der Waals surface area contributed by atoms with Crippen LogP contribution in [0.5, 0.6) is 0 Å². The number of aliphatic hydroxyl groups excluding tert-OH is 1. The molecule has 4 bridgehead atoms. The van der Waals surface area contributed by atoms with Crippen LogP contribution >= 0.6 is 0 Å². The normalized spacial score (nSPS) is 49.3. The van der Waals surface area contributed by atoms with Crippen LogP contribution < -0.4 is 0 Å². The summed E-state index contributed by atoms with van der Waals surface area (Å²) in [6, 6.07) is 0. The molecule has 1 atom stereocenters. The predicted molar refractivity (Wildman–Crippen MR) is 62.9 cm³/mol. The minimum absolute atomic E-state index is 0.120. The summed E-state index contributed by atoms with van der Waals surface area (Å²) in [6.45, 7) is 2.09. The van der Waals surface area contributed by atoms with Crippen LogP contribution in [0.2, 0.25) is 0 Å². The Kier molecular flexibility index (Phi) is 2.38. The molecule has 16 heavy (non-hydrogen) atoms. The molecule has 4 aliphatic rings. The maximum absolute atomic E-state index is 10.7. The van der Waals surface area contributed by atoms with Gasteiger partial charge in [0.05, 0.1) is 5.60 Å². The van der Waals surface area contributed by atoms with Crippen LogP contribution in [0.25, 0.3) is 0 Å². The molecule has 4 fully saturated rings. The van der Waals surface area contributed by atoms with E-state index in [9.17, 15) is 5.11 Å². The van der Waals surface area contributed by atoms with Gasteiger partial charge in [0.1, 0.15) is 0 Å². The highest BCUT2D eigenvalue weighted by Crippen LogP contribution is 2.64. The Labute approximate surface area is 98.1 Å². The number of rotatable bonds is 3. The van der Waals surface area contributed by atoms with E-state index in [1.54, 1.807) is 0 Å². The standard InChI is InChI=1S/C14H24O2/c1-13(16,2-3-15)14-7-10-4-11(8-14)6-12(5-10)9-14/h10-12,15-16H,2-9H2,1H3/t10?,11?,12?,13-,14?/m1/s1. The van der Waals surface area contributed by atoms with Crippen LogP contribution in [-0.2, 0) is 0 Å². The summed E-state index contributed by atoms with van der Waals surface area (Å²) in [4.78, 5) is 0. The molecule has 0 aromatic carbocycles. The molecule has 2 nitrogen and oxygen atoms in total. The van der Waals surface area contributed by atoms with Gasteiger partial charge >= 0.3 is 0 Å². The van der Waals surface area contributed by atoms with E-state index < -0.39 is 5.60 Å². The summed E-state index contributed by atoms with van der Waals surface area (Å²) in [6.07, 6.45) is 8.43. The Morgan fingerprint density at radius 3 is 1.88 bits per heavy atom. The Morgan fingerprint density at radius 1 is 1.06 bits per heavy atom. The monoisotopic (exact) mass is 224 g/mol. The Hall–Kier alpha value is -0.0800. The second-order valence-corrected chi connectivity index (χ2v) is 6.95. The molecule has 0 spiro atoms. The van der Waals surface area contributed by atoms with Gasteiger partial charge < -0.3 is 10.2 Å². The van der Waals surface area contributed by atoms with Crippen molar-refractivity contribution in [1.82, 2.24) is 0 Å². The van der Waals surface area contributed by atoms with Crippen molar-refractivity contribution in [2.24, 2.45) is 23.2 Å². The second kappa shape index (κ2) is 3.46. The van der Waals surface area contributed by atoms with Gasteiger partial charge in [-0.2, -0.15) is 0 Å². The summed E-state index contributed by atoms with van der Waals surface area (Å²) in [7, 11) is 0. The number of hydrogen-bond acceptors (Lipinski definition) is 2. The highest BCUT2D eigenvalue weighted by Gasteiger charge is 2.57. The minimum atomic E-state index is -0.641. The highest BCUT2D eigenvalue weighted by atomic mass is 16.3. The fourth-order valence-electron chi connectivity index (χ4n) is 5.25. The van der Waals surface area contributed by atoms with Crippen molar-refractivity contribution in [3.05, 3.63) is 0 Å². The van der Waals surface area contributed by atoms with Gasteiger partial charge in [0, 0.05) is 6.61 Å². The summed E-state index contributed by atoms with van der Waals surface area (Å²) >= 11 is 0. The molecule has 0 aliphatic heterocycles. The maximum Gasteiger partial charge on any atom is 0.0697 e. The Bertz CT molecular complexity index is 247. The summed E-state index contributed by atoms with van der Waals surface area (Å²) < 4.78 is 0. The largest absolute Gasteiger partial charge is 0.396 e. The number of hydrogen-bond donors (Lipinski definition) is 2. The van der Waals surface area contributed by atoms with Gasteiger partial charge in [-0.05, 0) is 75.0 Å². The van der Waals surface area contributed by atoms with E-state index in [1.807, 2.05) is 6.92 Å². The lowest BCUT2D eigenvalue weighted by atomic mass is 9.45. The molecule has 0 heterocycles. The van der Waals surface area contributed by atoms with Crippen LogP contribution in [-0.4, -0.2) is 22.4 Å². The fourth-order valence-corrected chi connectivity index (χ4v) is 5.25. The first kappa shape index (κ1) is 11.0. The fraction of sp³-hybridized carbons (Fsp3) is 1.00. The molecule has 0 aromatic heterocycles. The van der Waals surface area contributed by atoms with E-state index in [4.69, 9.17) is 5.11 Å². The molecule has 0 saturated heterocycles. The van der Waals surface area contributed by atoms with E-state index in [1.165, 1.54) is 38.5 Å². The number of aliphatic hydroxyl groups is 2. The van der Waals surface area contributed by atoms with Crippen molar-refractivity contribution in [3.8, 4) is 0 Å². The molecular weight excluding hydrogens is 200 g/mol. The zero-order chi connectivity index (χ0) is 11.4. The van der Waals surface area contributed by atoms with E-state index in [2.05, 4.69) is 0 Å². The molecule has 2 heteroatoms. The summed E-state index contributed by atoms with van der Waals surface area (Å²) in [5.41, 5.74) is -0.498. The Morgan fingerprint density at radius 2 is 1.50 bits per heavy atom. The van der Waals surface area contributed by atoms with Crippen molar-refractivity contribution >= 4 is 0 Å². The smallest absolute Gasteiger partial charge is 0.0697 e. The molecule has 4 aliphatic carbocycles. The molecule has 0 amide bonds. The molecule has 0 radical (unpaired) electrons. The third kappa shape index (κ3) is 1.46. The molecule has 92 valence electrons. The third-order valence-electron chi connectivity index (χ3n) is 5.78.